The summed E-state index contributed by atoms with van der Waals surface area (Å²) in [5, 5.41) is 4.76. The molecule has 4 nitrogen and oxygen atoms in total. The van der Waals surface area contributed by atoms with Gasteiger partial charge in [0.1, 0.15) is 0 Å². The van der Waals surface area contributed by atoms with E-state index in [1.54, 1.807) is 0 Å². The zero-order valence-electron chi connectivity index (χ0n) is 10.8. The summed E-state index contributed by atoms with van der Waals surface area (Å²) < 4.78 is 4.78. The van der Waals surface area contributed by atoms with Crippen LogP contribution in [0.25, 0.3) is 16.5 Å². The van der Waals surface area contributed by atoms with Gasteiger partial charge in [0.05, 0.1) is 15.4 Å². The number of benzene rings is 1. The first-order valence-electron chi connectivity index (χ1n) is 6.73. The van der Waals surface area contributed by atoms with Crippen molar-refractivity contribution in [2.24, 2.45) is 5.92 Å². The SMILES string of the molecule is O=C(OP)C1C=C2c3cccc4[nH]cc(c34)CC2NC1. The van der Waals surface area contributed by atoms with Gasteiger partial charge < -0.3 is 14.8 Å². The third-order valence-corrected chi connectivity index (χ3v) is 4.51. The summed E-state index contributed by atoms with van der Waals surface area (Å²) in [6.45, 7) is 0.636. The molecular formula is C15H15N2O2P. The highest BCUT2D eigenvalue weighted by molar-refractivity contribution is 7.10. The molecule has 0 fully saturated rings. The predicted octanol–water partition coefficient (Wildman–Crippen LogP) is 2.03. The lowest BCUT2D eigenvalue weighted by Gasteiger charge is -2.32. The summed E-state index contributed by atoms with van der Waals surface area (Å²) in [7, 11) is 2.04. The summed E-state index contributed by atoms with van der Waals surface area (Å²) in [6, 6.07) is 6.57. The molecule has 0 saturated carbocycles. The standard InChI is InChI=1S/C15H15N2O2P/c18-15(19-20)9-4-11-10-2-1-3-12-14(10)8(6-16-12)5-13(11)17-7-9/h1-4,6,9,13,16-17H,5,7,20H2. The number of aromatic nitrogens is 1. The molecule has 0 bridgehead atoms. The number of hydrogen-bond acceptors (Lipinski definition) is 3. The van der Waals surface area contributed by atoms with Crippen LogP contribution in [-0.2, 0) is 15.7 Å². The fourth-order valence-corrected chi connectivity index (χ4v) is 3.52. The van der Waals surface area contributed by atoms with Crippen molar-refractivity contribution >= 4 is 31.9 Å². The number of rotatable bonds is 1. The third kappa shape index (κ3) is 1.65. The van der Waals surface area contributed by atoms with Crippen molar-refractivity contribution in [3.63, 3.8) is 0 Å². The van der Waals surface area contributed by atoms with Crippen molar-refractivity contribution in [1.29, 1.82) is 0 Å². The Hall–Kier alpha value is -1.64. The van der Waals surface area contributed by atoms with Crippen molar-refractivity contribution in [2.75, 3.05) is 6.54 Å². The topological polar surface area (TPSA) is 54.1 Å². The summed E-state index contributed by atoms with van der Waals surface area (Å²) in [6.07, 6.45) is 5.12. The zero-order valence-corrected chi connectivity index (χ0v) is 12.0. The minimum atomic E-state index is -0.213. The molecule has 1 aliphatic carbocycles. The predicted molar refractivity (Wildman–Crippen MR) is 81.1 cm³/mol. The number of hydrogen-bond donors (Lipinski definition) is 2. The maximum absolute atomic E-state index is 11.7. The Kier molecular flexibility index (Phi) is 2.69. The van der Waals surface area contributed by atoms with Crippen LogP contribution >= 0.6 is 9.47 Å². The van der Waals surface area contributed by atoms with E-state index in [-0.39, 0.29) is 17.9 Å². The summed E-state index contributed by atoms with van der Waals surface area (Å²) in [5.41, 5.74) is 4.95. The van der Waals surface area contributed by atoms with Crippen LogP contribution in [0.1, 0.15) is 11.1 Å². The molecule has 1 aromatic carbocycles. The number of fused-ring (bicyclic) bond motifs is 2. The van der Waals surface area contributed by atoms with E-state index in [4.69, 9.17) is 4.52 Å². The zero-order chi connectivity index (χ0) is 13.7. The Morgan fingerprint density at radius 2 is 2.30 bits per heavy atom. The normalized spacial score (nSPS) is 24.1. The second kappa shape index (κ2) is 4.44. The van der Waals surface area contributed by atoms with E-state index in [0.717, 1.165) is 11.9 Å². The fraction of sp³-hybridized carbons (Fsp3) is 0.267. The Morgan fingerprint density at radius 1 is 1.40 bits per heavy atom. The quantitative estimate of drug-likeness (QED) is 0.789. The molecule has 2 heterocycles. The number of nitrogens with one attached hydrogen (secondary N) is 2. The van der Waals surface area contributed by atoms with Crippen molar-refractivity contribution < 1.29 is 9.32 Å². The lowest BCUT2D eigenvalue weighted by molar-refractivity contribution is -0.136. The van der Waals surface area contributed by atoms with Crippen LogP contribution in [0.2, 0.25) is 0 Å². The van der Waals surface area contributed by atoms with E-state index in [9.17, 15) is 4.79 Å². The highest BCUT2D eigenvalue weighted by Crippen LogP contribution is 2.38. The van der Waals surface area contributed by atoms with Crippen LogP contribution in [0.4, 0.5) is 0 Å². The maximum atomic E-state index is 11.7. The minimum absolute atomic E-state index is 0.208. The highest BCUT2D eigenvalue weighted by atomic mass is 31.0. The molecule has 2 aliphatic rings. The van der Waals surface area contributed by atoms with Crippen LogP contribution < -0.4 is 5.32 Å². The van der Waals surface area contributed by atoms with Gasteiger partial charge in [-0.15, -0.1) is 0 Å². The van der Waals surface area contributed by atoms with Gasteiger partial charge in [-0.2, -0.15) is 0 Å². The average molecular weight is 286 g/mol. The summed E-state index contributed by atoms with van der Waals surface area (Å²) in [5.74, 6) is -0.421. The van der Waals surface area contributed by atoms with E-state index in [0.29, 0.717) is 6.54 Å². The van der Waals surface area contributed by atoms with Crippen LogP contribution in [-0.4, -0.2) is 23.5 Å². The van der Waals surface area contributed by atoms with Gasteiger partial charge in [-0.1, -0.05) is 18.2 Å². The maximum Gasteiger partial charge on any atom is 0.316 e. The molecule has 2 N–H and O–H groups in total. The van der Waals surface area contributed by atoms with Crippen molar-refractivity contribution in [2.45, 2.75) is 12.5 Å². The van der Waals surface area contributed by atoms with Gasteiger partial charge in [0, 0.05) is 29.7 Å². The molecular weight excluding hydrogens is 271 g/mol. The first kappa shape index (κ1) is 12.1. The van der Waals surface area contributed by atoms with E-state index >= 15 is 0 Å². The van der Waals surface area contributed by atoms with E-state index in [1.165, 1.54) is 22.1 Å². The number of carbonyl (C=O) groups is 1. The first-order chi connectivity index (χ1) is 9.78. The van der Waals surface area contributed by atoms with Crippen molar-refractivity contribution in [3.8, 4) is 0 Å². The average Bonchev–Trinajstić information content (AvgIpc) is 2.91. The highest BCUT2D eigenvalue weighted by Gasteiger charge is 2.32. The molecule has 0 spiro atoms. The molecule has 0 radical (unpaired) electrons. The Labute approximate surface area is 118 Å². The van der Waals surface area contributed by atoms with Gasteiger partial charge in [0.25, 0.3) is 0 Å². The molecule has 0 saturated heterocycles. The molecule has 4 rings (SSSR count). The summed E-state index contributed by atoms with van der Waals surface area (Å²) >= 11 is 0. The fourth-order valence-electron chi connectivity index (χ4n) is 3.35. The van der Waals surface area contributed by atoms with E-state index in [2.05, 4.69) is 40.8 Å². The van der Waals surface area contributed by atoms with Crippen LogP contribution in [0.3, 0.4) is 0 Å². The Balaban J connectivity index is 1.89. The second-order valence-electron chi connectivity index (χ2n) is 5.37. The Bertz CT molecular complexity index is 735. The second-order valence-corrected chi connectivity index (χ2v) is 5.61. The van der Waals surface area contributed by atoms with Gasteiger partial charge in [-0.05, 0) is 29.2 Å². The molecule has 0 amide bonds. The van der Waals surface area contributed by atoms with Crippen LogP contribution in [0.15, 0.2) is 30.5 Å². The lowest BCUT2D eigenvalue weighted by atomic mass is 9.81. The van der Waals surface area contributed by atoms with Gasteiger partial charge in [-0.3, -0.25) is 4.79 Å². The lowest BCUT2D eigenvalue weighted by Crippen LogP contribution is -2.43. The van der Waals surface area contributed by atoms with Gasteiger partial charge in [-0.25, -0.2) is 0 Å². The molecule has 1 aromatic heterocycles. The molecule has 3 atom stereocenters. The first-order valence-corrected chi connectivity index (χ1v) is 7.20. The van der Waals surface area contributed by atoms with E-state index in [1.807, 2.05) is 9.47 Å². The van der Waals surface area contributed by atoms with Gasteiger partial charge in [0.2, 0.25) is 0 Å². The molecule has 1 aliphatic heterocycles. The molecule has 20 heavy (non-hydrogen) atoms. The minimum Gasteiger partial charge on any atom is -0.451 e. The van der Waals surface area contributed by atoms with Crippen molar-refractivity contribution in [1.82, 2.24) is 10.3 Å². The van der Waals surface area contributed by atoms with Gasteiger partial charge in [0.15, 0.2) is 0 Å². The Morgan fingerprint density at radius 3 is 3.15 bits per heavy atom. The number of carbonyl (C=O) groups excluding carboxylic acids is 1. The third-order valence-electron chi connectivity index (χ3n) is 4.28. The van der Waals surface area contributed by atoms with Crippen LogP contribution in [0.5, 0.6) is 0 Å². The van der Waals surface area contributed by atoms with Crippen molar-refractivity contribution in [3.05, 3.63) is 41.6 Å². The molecule has 5 heteroatoms. The van der Waals surface area contributed by atoms with Crippen LogP contribution in [0, 0.1) is 5.92 Å². The molecule has 3 unspecified atom stereocenters. The monoisotopic (exact) mass is 286 g/mol. The smallest absolute Gasteiger partial charge is 0.316 e. The molecule has 102 valence electrons. The number of H-pyrrole nitrogens is 1. The summed E-state index contributed by atoms with van der Waals surface area (Å²) in [4.78, 5) is 15.1. The van der Waals surface area contributed by atoms with E-state index < -0.39 is 0 Å². The molecule has 2 aromatic rings. The number of aromatic amines is 1. The largest absolute Gasteiger partial charge is 0.451 e. The van der Waals surface area contributed by atoms with Gasteiger partial charge >= 0.3 is 5.97 Å².